The average molecular weight is 576 g/mol. The molecule has 2 aromatic heterocycles. The van der Waals surface area contributed by atoms with E-state index in [1.807, 2.05) is 20.8 Å². The zero-order valence-electron chi connectivity index (χ0n) is 23.1. The normalized spacial score (nSPS) is 13.8. The van der Waals surface area contributed by atoms with Crippen molar-refractivity contribution in [3.05, 3.63) is 53.2 Å². The molecule has 1 aliphatic rings. The number of hydroxylamine groups is 1. The minimum atomic E-state index is -4.20. The van der Waals surface area contributed by atoms with Gasteiger partial charge in [0.1, 0.15) is 17.4 Å². The van der Waals surface area contributed by atoms with Crippen molar-refractivity contribution in [1.82, 2.24) is 10.1 Å². The lowest BCUT2D eigenvalue weighted by atomic mass is 9.93. The van der Waals surface area contributed by atoms with Crippen molar-refractivity contribution < 1.29 is 31.2 Å². The topological polar surface area (TPSA) is 150 Å². The average Bonchev–Trinajstić information content (AvgIpc) is 3.36. The SMILES string of the molecule is CNc1cc2c(cn1)CN(c1cc(NC(=O)N(OS(C)(=O)=O)c3cc(C(C)(C)C)on3)c(F)cc1C)C(=O)N2C. The highest BCUT2D eigenvalue weighted by Crippen LogP contribution is 2.35. The molecule has 0 saturated carbocycles. The molecule has 214 valence electrons. The molecule has 0 spiro atoms. The Morgan fingerprint density at radius 1 is 1.20 bits per heavy atom. The van der Waals surface area contributed by atoms with Gasteiger partial charge >= 0.3 is 12.1 Å². The molecule has 0 aliphatic carbocycles. The van der Waals surface area contributed by atoms with Crippen molar-refractivity contribution in [2.24, 2.45) is 0 Å². The van der Waals surface area contributed by atoms with Crippen LogP contribution in [0, 0.1) is 12.7 Å². The fourth-order valence-corrected chi connectivity index (χ4v) is 4.41. The van der Waals surface area contributed by atoms with E-state index >= 15 is 4.39 Å². The van der Waals surface area contributed by atoms with Crippen molar-refractivity contribution in [2.45, 2.75) is 39.7 Å². The number of carbonyl (C=O) groups excluding carboxylic acids is 2. The third kappa shape index (κ3) is 5.84. The van der Waals surface area contributed by atoms with Crippen LogP contribution in [0.5, 0.6) is 0 Å². The summed E-state index contributed by atoms with van der Waals surface area (Å²) in [4.78, 5) is 33.7. The molecule has 2 N–H and O–H groups in total. The zero-order chi connectivity index (χ0) is 29.6. The maximum absolute atomic E-state index is 15.1. The molecule has 0 radical (unpaired) electrons. The van der Waals surface area contributed by atoms with Gasteiger partial charge in [0.25, 0.3) is 10.1 Å². The van der Waals surface area contributed by atoms with Crippen LogP contribution in [-0.4, -0.2) is 51.0 Å². The Morgan fingerprint density at radius 2 is 1.90 bits per heavy atom. The number of halogens is 1. The highest BCUT2D eigenvalue weighted by atomic mass is 32.2. The molecule has 4 amide bonds. The second-order valence-corrected chi connectivity index (χ2v) is 11.9. The van der Waals surface area contributed by atoms with Gasteiger partial charge in [-0.15, -0.1) is 9.35 Å². The summed E-state index contributed by atoms with van der Waals surface area (Å²) in [7, 11) is -0.874. The quantitative estimate of drug-likeness (QED) is 0.409. The minimum Gasteiger partial charge on any atom is -0.373 e. The predicted molar refractivity (Wildman–Crippen MR) is 148 cm³/mol. The van der Waals surface area contributed by atoms with Gasteiger partial charge in [-0.2, -0.15) is 8.42 Å². The molecule has 13 nitrogen and oxygen atoms in total. The van der Waals surface area contributed by atoms with Gasteiger partial charge in [-0.3, -0.25) is 9.80 Å². The fraction of sp³-hybridized carbons (Fsp3) is 0.360. The summed E-state index contributed by atoms with van der Waals surface area (Å²) < 4.78 is 49.0. The highest BCUT2D eigenvalue weighted by Gasteiger charge is 2.32. The van der Waals surface area contributed by atoms with E-state index in [4.69, 9.17) is 8.81 Å². The Hall–Kier alpha value is -4.24. The van der Waals surface area contributed by atoms with Gasteiger partial charge in [-0.1, -0.05) is 25.9 Å². The molecule has 3 heterocycles. The number of nitrogens with zero attached hydrogens (tertiary/aromatic N) is 5. The Bertz CT molecular complexity index is 1580. The molecule has 0 saturated heterocycles. The van der Waals surface area contributed by atoms with E-state index in [0.717, 1.165) is 17.9 Å². The standard InChI is InChI=1S/C25H30FN7O6S/c1-14-8-16(26)17(9-18(14)32-13-15-12-28-21(27-5)10-19(15)31(6)24(32)35)29-23(34)33(39-40(7,36)37)22-11-20(38-30-22)25(2,3)4/h8-12H,13H2,1-7H3,(H,27,28)(H,29,34). The largest absolute Gasteiger partial charge is 0.373 e. The van der Waals surface area contributed by atoms with E-state index in [1.54, 1.807) is 33.3 Å². The van der Waals surface area contributed by atoms with Crippen LogP contribution in [0.1, 0.15) is 37.7 Å². The van der Waals surface area contributed by atoms with Gasteiger partial charge in [0.15, 0.2) is 0 Å². The van der Waals surface area contributed by atoms with Crippen LogP contribution in [0.25, 0.3) is 0 Å². The second-order valence-electron chi connectivity index (χ2n) is 10.3. The van der Waals surface area contributed by atoms with E-state index in [-0.39, 0.29) is 24.1 Å². The number of hydrogen-bond donors (Lipinski definition) is 2. The summed E-state index contributed by atoms with van der Waals surface area (Å²) in [5, 5.41) is 9.35. The van der Waals surface area contributed by atoms with Gasteiger partial charge in [0, 0.05) is 43.4 Å². The Labute approximate surface area is 231 Å². The van der Waals surface area contributed by atoms with Crippen LogP contribution in [0.3, 0.4) is 0 Å². The molecule has 1 aromatic carbocycles. The Morgan fingerprint density at radius 3 is 2.50 bits per heavy atom. The number of aromatic nitrogens is 2. The maximum atomic E-state index is 15.1. The monoisotopic (exact) mass is 575 g/mol. The number of carbonyl (C=O) groups is 2. The molecule has 3 aromatic rings. The summed E-state index contributed by atoms with van der Waals surface area (Å²) >= 11 is 0. The number of benzene rings is 1. The molecule has 4 rings (SSSR count). The molecule has 0 atom stereocenters. The lowest BCUT2D eigenvalue weighted by molar-refractivity contribution is 0.224. The molecule has 0 fully saturated rings. The number of amides is 4. The fourth-order valence-electron chi connectivity index (χ4n) is 3.99. The lowest BCUT2D eigenvalue weighted by Crippen LogP contribution is -2.45. The lowest BCUT2D eigenvalue weighted by Gasteiger charge is -2.36. The van der Waals surface area contributed by atoms with Crippen molar-refractivity contribution in [3.63, 3.8) is 0 Å². The van der Waals surface area contributed by atoms with Gasteiger partial charge in [0.2, 0.25) is 5.82 Å². The third-order valence-corrected chi connectivity index (χ3v) is 6.50. The van der Waals surface area contributed by atoms with Gasteiger partial charge in [-0.05, 0) is 24.6 Å². The number of rotatable bonds is 6. The predicted octanol–water partition coefficient (Wildman–Crippen LogP) is 4.36. The number of pyridine rings is 1. The summed E-state index contributed by atoms with van der Waals surface area (Å²) in [6, 6.07) is 3.99. The number of urea groups is 2. The van der Waals surface area contributed by atoms with E-state index < -0.39 is 27.4 Å². The first-order chi connectivity index (χ1) is 18.6. The van der Waals surface area contributed by atoms with Gasteiger partial charge in [0.05, 0.1) is 29.9 Å². The van der Waals surface area contributed by atoms with Crippen LogP contribution >= 0.6 is 0 Å². The first-order valence-electron chi connectivity index (χ1n) is 12.1. The summed E-state index contributed by atoms with van der Waals surface area (Å²) in [6.07, 6.45) is 2.39. The van der Waals surface area contributed by atoms with E-state index in [2.05, 4.69) is 20.8 Å². The molecule has 1 aliphatic heterocycles. The van der Waals surface area contributed by atoms with Crippen LogP contribution in [-0.2, 0) is 26.4 Å². The molecular formula is C25H30FN7O6S. The number of hydrogen-bond acceptors (Lipinski definition) is 9. The van der Waals surface area contributed by atoms with Crippen molar-refractivity contribution in [1.29, 1.82) is 0 Å². The Kier molecular flexibility index (Phi) is 7.47. The van der Waals surface area contributed by atoms with Crippen molar-refractivity contribution >= 4 is 50.9 Å². The van der Waals surface area contributed by atoms with Crippen molar-refractivity contribution in [3.8, 4) is 0 Å². The van der Waals surface area contributed by atoms with E-state index in [0.29, 0.717) is 33.6 Å². The molecule has 0 bridgehead atoms. The number of anilines is 5. The van der Waals surface area contributed by atoms with Crippen LogP contribution in [0.4, 0.5) is 42.7 Å². The maximum Gasteiger partial charge on any atom is 0.353 e. The van der Waals surface area contributed by atoms with Gasteiger partial charge in [-0.25, -0.2) is 19.0 Å². The molecular weight excluding hydrogens is 545 g/mol. The van der Waals surface area contributed by atoms with Crippen LogP contribution in [0.2, 0.25) is 0 Å². The number of nitrogens with one attached hydrogen (secondary N) is 2. The van der Waals surface area contributed by atoms with Crippen LogP contribution in [0.15, 0.2) is 35.0 Å². The summed E-state index contributed by atoms with van der Waals surface area (Å²) in [5.41, 5.74) is 1.35. The third-order valence-electron chi connectivity index (χ3n) is 6.08. The first-order valence-corrected chi connectivity index (χ1v) is 13.9. The van der Waals surface area contributed by atoms with Crippen molar-refractivity contribution in [2.75, 3.05) is 45.8 Å². The van der Waals surface area contributed by atoms with Crippen LogP contribution < -0.4 is 25.5 Å². The molecule has 15 heteroatoms. The number of aryl methyl sites for hydroxylation is 1. The second kappa shape index (κ2) is 10.4. The molecule has 0 unspecified atom stereocenters. The Balaban J connectivity index is 1.68. The highest BCUT2D eigenvalue weighted by molar-refractivity contribution is 7.86. The van der Waals surface area contributed by atoms with E-state index in [9.17, 15) is 18.0 Å². The first kappa shape index (κ1) is 28.8. The zero-order valence-corrected chi connectivity index (χ0v) is 23.9. The number of fused-ring (bicyclic) bond motifs is 1. The molecule has 40 heavy (non-hydrogen) atoms. The summed E-state index contributed by atoms with van der Waals surface area (Å²) in [5.74, 6) is -0.135. The minimum absolute atomic E-state index is 0.146. The van der Waals surface area contributed by atoms with E-state index in [1.165, 1.54) is 21.9 Å². The smallest absolute Gasteiger partial charge is 0.353 e. The van der Waals surface area contributed by atoms with Gasteiger partial charge < -0.3 is 15.2 Å². The summed E-state index contributed by atoms with van der Waals surface area (Å²) in [6.45, 7) is 7.26.